The molecular weight excluding hydrogens is 474 g/mol. The number of methoxy groups -OCH3 is 1. The van der Waals surface area contributed by atoms with E-state index in [1.165, 1.54) is 5.39 Å². The minimum atomic E-state index is -0.109. The molecule has 0 spiro atoms. The van der Waals surface area contributed by atoms with E-state index in [4.69, 9.17) is 9.47 Å². The van der Waals surface area contributed by atoms with Gasteiger partial charge in [-0.1, -0.05) is 61.5 Å². The molecule has 1 atom stereocenters. The first-order chi connectivity index (χ1) is 18.6. The molecule has 2 heterocycles. The van der Waals surface area contributed by atoms with Crippen molar-refractivity contribution < 1.29 is 14.3 Å². The Balaban J connectivity index is 1.49. The summed E-state index contributed by atoms with van der Waals surface area (Å²) in [6, 6.07) is 24.6. The number of hydrogen-bond acceptors (Lipinski definition) is 4. The third-order valence-electron chi connectivity index (χ3n) is 7.68. The van der Waals surface area contributed by atoms with Gasteiger partial charge in [0.15, 0.2) is 11.5 Å². The van der Waals surface area contributed by atoms with Gasteiger partial charge in [-0.15, -0.1) is 0 Å². The van der Waals surface area contributed by atoms with Crippen molar-refractivity contribution in [2.75, 3.05) is 39.8 Å². The predicted octanol–water partition coefficient (Wildman–Crippen LogP) is 5.45. The zero-order chi connectivity index (χ0) is 26.5. The summed E-state index contributed by atoms with van der Waals surface area (Å²) < 4.78 is 14.0. The largest absolute Gasteiger partial charge is 0.493 e. The summed E-state index contributed by atoms with van der Waals surface area (Å²) in [5, 5.41) is 1.17. The third kappa shape index (κ3) is 5.55. The first-order valence-electron chi connectivity index (χ1n) is 13.5. The van der Waals surface area contributed by atoms with Gasteiger partial charge in [0.25, 0.3) is 0 Å². The maximum Gasteiger partial charge on any atom is 0.223 e. The number of aryl methyl sites for hydroxylation is 1. The van der Waals surface area contributed by atoms with Crippen molar-refractivity contribution in [2.24, 2.45) is 7.05 Å². The van der Waals surface area contributed by atoms with Crippen molar-refractivity contribution in [3.8, 4) is 11.5 Å². The number of amides is 1. The lowest BCUT2D eigenvalue weighted by molar-refractivity contribution is -0.133. The van der Waals surface area contributed by atoms with E-state index in [0.717, 1.165) is 54.9 Å². The highest BCUT2D eigenvalue weighted by Gasteiger charge is 2.27. The van der Waals surface area contributed by atoms with Gasteiger partial charge in [0, 0.05) is 62.7 Å². The van der Waals surface area contributed by atoms with Crippen LogP contribution in [0.25, 0.3) is 10.9 Å². The molecule has 0 unspecified atom stereocenters. The second-order valence-corrected chi connectivity index (χ2v) is 9.97. The number of fused-ring (bicyclic) bond motifs is 1. The number of likely N-dealkylation sites (N-methyl/N-ethyl adjacent to an activating group) is 1. The summed E-state index contributed by atoms with van der Waals surface area (Å²) in [7, 11) is 3.73. The molecule has 1 aliphatic rings. The lowest BCUT2D eigenvalue weighted by atomic mass is 9.87. The Morgan fingerprint density at radius 3 is 2.39 bits per heavy atom. The SMILES string of the molecule is CCN1CCN(C(=O)C[C@@H](c2ccc(OC)c(OCc3ccccc3)c2)c2cn(C)c3ccccc23)CC1. The van der Waals surface area contributed by atoms with Crippen LogP contribution in [0.3, 0.4) is 0 Å². The van der Waals surface area contributed by atoms with E-state index >= 15 is 0 Å². The van der Waals surface area contributed by atoms with Crippen molar-refractivity contribution in [1.29, 1.82) is 0 Å². The summed E-state index contributed by atoms with van der Waals surface area (Å²) in [5.41, 5.74) is 4.45. The molecule has 1 fully saturated rings. The van der Waals surface area contributed by atoms with E-state index in [9.17, 15) is 4.79 Å². The molecule has 6 heteroatoms. The number of rotatable bonds is 9. The average molecular weight is 512 g/mol. The van der Waals surface area contributed by atoms with Crippen LogP contribution in [-0.4, -0.2) is 60.1 Å². The molecule has 0 saturated carbocycles. The van der Waals surface area contributed by atoms with Crippen LogP contribution in [0.1, 0.15) is 36.0 Å². The molecule has 0 aliphatic carbocycles. The van der Waals surface area contributed by atoms with E-state index < -0.39 is 0 Å². The molecule has 6 nitrogen and oxygen atoms in total. The van der Waals surface area contributed by atoms with Crippen LogP contribution < -0.4 is 9.47 Å². The van der Waals surface area contributed by atoms with Gasteiger partial charge in [-0.2, -0.15) is 0 Å². The monoisotopic (exact) mass is 511 g/mol. The molecule has 1 aliphatic heterocycles. The normalized spacial score (nSPS) is 15.0. The van der Waals surface area contributed by atoms with Crippen molar-refractivity contribution in [3.05, 3.63) is 95.7 Å². The fourth-order valence-electron chi connectivity index (χ4n) is 5.43. The number of benzene rings is 3. The fourth-order valence-corrected chi connectivity index (χ4v) is 5.43. The van der Waals surface area contributed by atoms with Gasteiger partial charge in [-0.25, -0.2) is 0 Å². The highest BCUT2D eigenvalue weighted by Crippen LogP contribution is 2.39. The lowest BCUT2D eigenvalue weighted by Crippen LogP contribution is -2.48. The summed E-state index contributed by atoms with van der Waals surface area (Å²) in [5.74, 6) is 1.45. The summed E-state index contributed by atoms with van der Waals surface area (Å²) in [4.78, 5) is 18.1. The molecule has 1 amide bonds. The Morgan fingerprint density at radius 2 is 1.66 bits per heavy atom. The Morgan fingerprint density at radius 1 is 0.921 bits per heavy atom. The summed E-state index contributed by atoms with van der Waals surface area (Å²) in [6.07, 6.45) is 2.58. The van der Waals surface area contributed by atoms with E-state index in [1.807, 2.05) is 41.3 Å². The summed E-state index contributed by atoms with van der Waals surface area (Å²) >= 11 is 0. The Hall–Kier alpha value is -3.77. The number of hydrogen-bond donors (Lipinski definition) is 0. The van der Waals surface area contributed by atoms with Crippen LogP contribution in [0.4, 0.5) is 0 Å². The van der Waals surface area contributed by atoms with Gasteiger partial charge in [-0.3, -0.25) is 4.79 Å². The maximum absolute atomic E-state index is 13.7. The smallest absolute Gasteiger partial charge is 0.223 e. The molecule has 198 valence electrons. The zero-order valence-corrected chi connectivity index (χ0v) is 22.6. The summed E-state index contributed by atoms with van der Waals surface area (Å²) in [6.45, 7) is 7.07. The van der Waals surface area contributed by atoms with E-state index in [-0.39, 0.29) is 11.8 Å². The van der Waals surface area contributed by atoms with Crippen molar-refractivity contribution in [3.63, 3.8) is 0 Å². The standard InChI is InChI=1S/C32H37N3O3/c1-4-34-16-18-35(19-17-34)32(36)21-27(28-22-33(2)29-13-9-8-12-26(28)29)25-14-15-30(37-3)31(20-25)38-23-24-10-6-5-7-11-24/h5-15,20,22,27H,4,16-19,21,23H2,1-3H3/t27-/m0/s1. The van der Waals surface area contributed by atoms with Gasteiger partial charge in [-0.05, 0) is 41.4 Å². The van der Waals surface area contributed by atoms with Crippen molar-refractivity contribution in [1.82, 2.24) is 14.4 Å². The van der Waals surface area contributed by atoms with Gasteiger partial charge in [0.1, 0.15) is 6.61 Å². The van der Waals surface area contributed by atoms with Crippen LogP contribution >= 0.6 is 0 Å². The second-order valence-electron chi connectivity index (χ2n) is 9.97. The van der Waals surface area contributed by atoms with Crippen LogP contribution in [0.2, 0.25) is 0 Å². The molecule has 38 heavy (non-hydrogen) atoms. The van der Waals surface area contributed by atoms with E-state index in [0.29, 0.717) is 24.5 Å². The van der Waals surface area contributed by atoms with Gasteiger partial charge >= 0.3 is 0 Å². The number of para-hydroxylation sites is 1. The van der Waals surface area contributed by atoms with Crippen LogP contribution in [-0.2, 0) is 18.4 Å². The number of piperazine rings is 1. The number of carbonyl (C=O) groups is 1. The highest BCUT2D eigenvalue weighted by atomic mass is 16.5. The zero-order valence-electron chi connectivity index (χ0n) is 22.6. The predicted molar refractivity (Wildman–Crippen MR) is 152 cm³/mol. The first-order valence-corrected chi connectivity index (χ1v) is 13.5. The molecular formula is C32H37N3O3. The lowest BCUT2D eigenvalue weighted by Gasteiger charge is -2.35. The van der Waals surface area contributed by atoms with Crippen LogP contribution in [0.15, 0.2) is 79.0 Å². The van der Waals surface area contributed by atoms with Gasteiger partial charge in [0.05, 0.1) is 7.11 Å². The molecule has 4 aromatic rings. The highest BCUT2D eigenvalue weighted by molar-refractivity contribution is 5.86. The fraction of sp³-hybridized carbons (Fsp3) is 0.344. The van der Waals surface area contributed by atoms with Gasteiger partial charge in [0.2, 0.25) is 5.91 Å². The minimum Gasteiger partial charge on any atom is -0.493 e. The van der Waals surface area contributed by atoms with Crippen molar-refractivity contribution >= 4 is 16.8 Å². The average Bonchev–Trinajstić information content (AvgIpc) is 3.31. The molecule has 1 saturated heterocycles. The minimum absolute atomic E-state index is 0.109. The number of ether oxygens (including phenoxy) is 2. The van der Waals surface area contributed by atoms with E-state index in [2.05, 4.69) is 66.0 Å². The van der Waals surface area contributed by atoms with Crippen molar-refractivity contribution in [2.45, 2.75) is 25.9 Å². The Bertz CT molecular complexity index is 1370. The van der Waals surface area contributed by atoms with Crippen LogP contribution in [0, 0.1) is 0 Å². The van der Waals surface area contributed by atoms with E-state index in [1.54, 1.807) is 7.11 Å². The molecule has 1 aromatic heterocycles. The molecule has 0 bridgehead atoms. The molecule has 0 radical (unpaired) electrons. The third-order valence-corrected chi connectivity index (χ3v) is 7.68. The quantitative estimate of drug-likeness (QED) is 0.300. The Labute approximate surface area is 225 Å². The molecule has 5 rings (SSSR count). The number of aromatic nitrogens is 1. The number of carbonyl (C=O) groups excluding carboxylic acids is 1. The maximum atomic E-state index is 13.7. The Kier molecular flexibility index (Phi) is 7.99. The number of nitrogens with zero attached hydrogens (tertiary/aromatic N) is 3. The molecule has 3 aromatic carbocycles. The van der Waals surface area contributed by atoms with Crippen LogP contribution in [0.5, 0.6) is 11.5 Å². The first kappa shape index (κ1) is 25.9. The second kappa shape index (κ2) is 11.7. The van der Waals surface area contributed by atoms with Gasteiger partial charge < -0.3 is 23.8 Å². The topological polar surface area (TPSA) is 46.9 Å². The molecule has 0 N–H and O–H groups in total.